The molecule has 7 heteroatoms. The van der Waals surface area contributed by atoms with Crippen LogP contribution in [0.4, 0.5) is 0 Å². The van der Waals surface area contributed by atoms with Crippen LogP contribution in [0, 0.1) is 0 Å². The summed E-state index contributed by atoms with van der Waals surface area (Å²) in [6.07, 6.45) is 4.57. The molecule has 25 heavy (non-hydrogen) atoms. The quantitative estimate of drug-likeness (QED) is 0.802. The SMILES string of the molecule is CN(C)C(=O)[C@@H]1C[C@@H](Sc2nccn2C)CN1Cc1ccccc1Cl. The molecule has 1 aliphatic rings. The highest BCUT2D eigenvalue weighted by atomic mass is 35.5. The molecule has 0 unspecified atom stereocenters. The summed E-state index contributed by atoms with van der Waals surface area (Å²) in [6.45, 7) is 1.52. The molecule has 2 heterocycles. The summed E-state index contributed by atoms with van der Waals surface area (Å²) in [7, 11) is 5.62. The summed E-state index contributed by atoms with van der Waals surface area (Å²) >= 11 is 8.07. The van der Waals surface area contributed by atoms with E-state index in [4.69, 9.17) is 11.6 Å². The van der Waals surface area contributed by atoms with Crippen molar-refractivity contribution in [2.24, 2.45) is 7.05 Å². The van der Waals surface area contributed by atoms with Crippen molar-refractivity contribution in [1.29, 1.82) is 0 Å². The summed E-state index contributed by atoms with van der Waals surface area (Å²) in [5.74, 6) is 0.148. The van der Waals surface area contributed by atoms with Crippen molar-refractivity contribution in [3.63, 3.8) is 0 Å². The predicted octanol–water partition coefficient (Wildman–Crippen LogP) is 2.90. The molecule has 2 atom stereocenters. The number of aromatic nitrogens is 2. The van der Waals surface area contributed by atoms with E-state index >= 15 is 0 Å². The third-order valence-corrected chi connectivity index (χ3v) is 6.12. The van der Waals surface area contributed by atoms with Crippen LogP contribution in [0.2, 0.25) is 5.02 Å². The Bertz CT molecular complexity index is 748. The number of carbonyl (C=O) groups excluding carboxylic acids is 1. The average molecular weight is 379 g/mol. The van der Waals surface area contributed by atoms with E-state index in [0.29, 0.717) is 11.8 Å². The molecule has 134 valence electrons. The summed E-state index contributed by atoms with van der Waals surface area (Å²) < 4.78 is 2.02. The number of amides is 1. The number of aryl methyl sites for hydroxylation is 1. The van der Waals surface area contributed by atoms with Gasteiger partial charge in [0.25, 0.3) is 0 Å². The number of likely N-dealkylation sites (tertiary alicyclic amines) is 1. The molecule has 1 aromatic carbocycles. The molecular weight excluding hydrogens is 356 g/mol. The molecule has 1 aromatic heterocycles. The topological polar surface area (TPSA) is 41.4 Å². The maximum Gasteiger partial charge on any atom is 0.239 e. The Morgan fingerprint density at radius 2 is 2.16 bits per heavy atom. The molecule has 1 fully saturated rings. The molecule has 2 aromatic rings. The normalized spacial score (nSPS) is 20.8. The van der Waals surface area contributed by atoms with E-state index in [0.717, 1.165) is 28.7 Å². The van der Waals surface area contributed by atoms with Crippen LogP contribution in [0.25, 0.3) is 0 Å². The van der Waals surface area contributed by atoms with Crippen molar-refractivity contribution >= 4 is 29.3 Å². The van der Waals surface area contributed by atoms with Gasteiger partial charge in [0.15, 0.2) is 5.16 Å². The highest BCUT2D eigenvalue weighted by Crippen LogP contribution is 2.34. The van der Waals surface area contributed by atoms with Crippen molar-refractivity contribution in [3.8, 4) is 0 Å². The molecule has 1 saturated heterocycles. The molecule has 1 amide bonds. The third-order valence-electron chi connectivity index (χ3n) is 4.47. The lowest BCUT2D eigenvalue weighted by Gasteiger charge is -2.26. The smallest absolute Gasteiger partial charge is 0.239 e. The fourth-order valence-corrected chi connectivity index (χ4v) is 4.52. The minimum Gasteiger partial charge on any atom is -0.347 e. The van der Waals surface area contributed by atoms with E-state index in [-0.39, 0.29) is 11.9 Å². The van der Waals surface area contributed by atoms with Crippen LogP contribution < -0.4 is 0 Å². The summed E-state index contributed by atoms with van der Waals surface area (Å²) in [5, 5.41) is 2.07. The molecule has 1 aliphatic heterocycles. The van der Waals surface area contributed by atoms with E-state index in [2.05, 4.69) is 9.88 Å². The van der Waals surface area contributed by atoms with Crippen molar-refractivity contribution in [1.82, 2.24) is 19.4 Å². The summed E-state index contributed by atoms with van der Waals surface area (Å²) in [6, 6.07) is 7.72. The van der Waals surface area contributed by atoms with E-state index in [1.807, 2.05) is 56.2 Å². The van der Waals surface area contributed by atoms with Crippen LogP contribution >= 0.6 is 23.4 Å². The zero-order chi connectivity index (χ0) is 18.0. The molecule has 0 radical (unpaired) electrons. The lowest BCUT2D eigenvalue weighted by molar-refractivity contribution is -0.133. The van der Waals surface area contributed by atoms with Gasteiger partial charge in [-0.15, -0.1) is 0 Å². The number of hydrogen-bond donors (Lipinski definition) is 0. The first-order valence-corrected chi connectivity index (χ1v) is 9.54. The van der Waals surface area contributed by atoms with Gasteiger partial charge in [-0.2, -0.15) is 0 Å². The molecule has 5 nitrogen and oxygen atoms in total. The van der Waals surface area contributed by atoms with E-state index in [9.17, 15) is 4.79 Å². The number of nitrogens with zero attached hydrogens (tertiary/aromatic N) is 4. The monoisotopic (exact) mass is 378 g/mol. The number of likely N-dealkylation sites (N-methyl/N-ethyl adjacent to an activating group) is 1. The number of imidazole rings is 1. The van der Waals surface area contributed by atoms with Crippen LogP contribution in [0.5, 0.6) is 0 Å². The number of halogens is 1. The first-order chi connectivity index (χ1) is 12.0. The van der Waals surface area contributed by atoms with Gasteiger partial charge in [0, 0.05) is 56.9 Å². The van der Waals surface area contributed by atoms with Crippen LogP contribution in [-0.4, -0.2) is 57.2 Å². The largest absolute Gasteiger partial charge is 0.347 e. The maximum atomic E-state index is 12.7. The first kappa shape index (κ1) is 18.3. The van der Waals surface area contributed by atoms with Gasteiger partial charge in [-0.05, 0) is 18.1 Å². The Morgan fingerprint density at radius 1 is 1.40 bits per heavy atom. The molecule has 0 bridgehead atoms. The Morgan fingerprint density at radius 3 is 2.80 bits per heavy atom. The molecule has 0 N–H and O–H groups in total. The highest BCUT2D eigenvalue weighted by Gasteiger charge is 2.38. The third kappa shape index (κ3) is 4.19. The lowest BCUT2D eigenvalue weighted by atomic mass is 10.1. The second kappa shape index (κ2) is 7.81. The standard InChI is InChI=1S/C18H23ClN4OS/c1-21(2)17(24)16-10-14(25-18-20-8-9-22(18)3)12-23(16)11-13-6-4-5-7-15(13)19/h4-9,14,16H,10-12H2,1-3H3/t14-,16+/m1/s1. The predicted molar refractivity (Wildman–Crippen MR) is 102 cm³/mol. The lowest BCUT2D eigenvalue weighted by Crippen LogP contribution is -2.42. The second-order valence-corrected chi connectivity index (χ2v) is 8.24. The fourth-order valence-electron chi connectivity index (χ4n) is 3.14. The van der Waals surface area contributed by atoms with Gasteiger partial charge in [-0.3, -0.25) is 9.69 Å². The molecular formula is C18H23ClN4OS. The number of thioether (sulfide) groups is 1. The minimum absolute atomic E-state index is 0.121. The van der Waals surface area contributed by atoms with Crippen molar-refractivity contribution in [2.45, 2.75) is 29.4 Å². The fraction of sp³-hybridized carbons (Fsp3) is 0.444. The average Bonchev–Trinajstić information content (AvgIpc) is 3.16. The Labute approximate surface area is 158 Å². The van der Waals surface area contributed by atoms with Crippen LogP contribution in [-0.2, 0) is 18.4 Å². The Balaban J connectivity index is 1.77. The number of rotatable bonds is 5. The highest BCUT2D eigenvalue weighted by molar-refractivity contribution is 7.99. The number of hydrogen-bond acceptors (Lipinski definition) is 4. The Kier molecular flexibility index (Phi) is 5.71. The van der Waals surface area contributed by atoms with Crippen LogP contribution in [0.15, 0.2) is 41.8 Å². The number of carbonyl (C=O) groups is 1. The van der Waals surface area contributed by atoms with Crippen LogP contribution in [0.1, 0.15) is 12.0 Å². The zero-order valence-corrected chi connectivity index (χ0v) is 16.3. The van der Waals surface area contributed by atoms with E-state index in [1.165, 1.54) is 0 Å². The Hall–Kier alpha value is -1.50. The van der Waals surface area contributed by atoms with Gasteiger partial charge in [0.1, 0.15) is 0 Å². The van der Waals surface area contributed by atoms with Crippen molar-refractivity contribution in [3.05, 3.63) is 47.2 Å². The molecule has 0 aliphatic carbocycles. The van der Waals surface area contributed by atoms with Gasteiger partial charge >= 0.3 is 0 Å². The summed E-state index contributed by atoms with van der Waals surface area (Å²) in [4.78, 5) is 21.0. The zero-order valence-electron chi connectivity index (χ0n) is 14.7. The first-order valence-electron chi connectivity index (χ1n) is 8.28. The van der Waals surface area contributed by atoms with E-state index < -0.39 is 0 Å². The number of benzene rings is 1. The molecule has 0 spiro atoms. The van der Waals surface area contributed by atoms with Gasteiger partial charge in [0.05, 0.1) is 6.04 Å². The van der Waals surface area contributed by atoms with Gasteiger partial charge in [-0.25, -0.2) is 4.98 Å². The molecule has 3 rings (SSSR count). The van der Waals surface area contributed by atoms with E-state index in [1.54, 1.807) is 22.9 Å². The van der Waals surface area contributed by atoms with Gasteiger partial charge in [-0.1, -0.05) is 41.6 Å². The van der Waals surface area contributed by atoms with Gasteiger partial charge < -0.3 is 9.47 Å². The minimum atomic E-state index is -0.121. The second-order valence-electron chi connectivity index (χ2n) is 6.57. The van der Waals surface area contributed by atoms with Crippen molar-refractivity contribution < 1.29 is 4.79 Å². The molecule has 0 saturated carbocycles. The van der Waals surface area contributed by atoms with Crippen LogP contribution in [0.3, 0.4) is 0 Å². The maximum absolute atomic E-state index is 12.7. The van der Waals surface area contributed by atoms with Gasteiger partial charge in [0.2, 0.25) is 5.91 Å². The summed E-state index contributed by atoms with van der Waals surface area (Å²) in [5.41, 5.74) is 1.06. The van der Waals surface area contributed by atoms with Crippen molar-refractivity contribution in [2.75, 3.05) is 20.6 Å².